The molecule has 2 aliphatic rings. The summed E-state index contributed by atoms with van der Waals surface area (Å²) < 4.78 is 11.1. The van der Waals surface area contributed by atoms with Gasteiger partial charge < -0.3 is 25.0 Å². The van der Waals surface area contributed by atoms with Crippen LogP contribution in [0.1, 0.15) is 19.3 Å². The van der Waals surface area contributed by atoms with Crippen molar-refractivity contribution in [2.24, 2.45) is 5.92 Å². The molecule has 33 heavy (non-hydrogen) atoms. The van der Waals surface area contributed by atoms with Crippen LogP contribution >= 0.6 is 11.6 Å². The Kier molecular flexibility index (Phi) is 7.47. The van der Waals surface area contributed by atoms with Gasteiger partial charge in [0.2, 0.25) is 11.8 Å². The molecule has 2 saturated heterocycles. The molecule has 2 aliphatic heterocycles. The Hall–Kier alpha value is -3.10. The summed E-state index contributed by atoms with van der Waals surface area (Å²) >= 11 is 5.83. The first kappa shape index (κ1) is 23.1. The highest BCUT2D eigenvalue weighted by Crippen LogP contribution is 2.27. The van der Waals surface area contributed by atoms with Crippen molar-refractivity contribution in [3.05, 3.63) is 53.6 Å². The molecule has 0 aliphatic carbocycles. The maximum Gasteiger partial charge on any atom is 0.262 e. The van der Waals surface area contributed by atoms with Crippen molar-refractivity contribution in [1.82, 2.24) is 5.32 Å². The van der Waals surface area contributed by atoms with Gasteiger partial charge >= 0.3 is 0 Å². The standard InChI is InChI=1S/C24H26ClN3O5/c25-17-3-5-18(6-4-17)27-22(29)15-33-20-9-7-19(8-10-20)28-14-16(12-23(28)30)24(31)26-13-21-2-1-11-32-21/h3-10,16,21H,1-2,11-15H2,(H,26,31)(H,27,29)/t16-,21+/m1/s1. The van der Waals surface area contributed by atoms with Gasteiger partial charge in [-0.3, -0.25) is 14.4 Å². The zero-order valence-corrected chi connectivity index (χ0v) is 18.8. The van der Waals surface area contributed by atoms with Crippen molar-refractivity contribution in [2.45, 2.75) is 25.4 Å². The van der Waals surface area contributed by atoms with Crippen LogP contribution in [0.3, 0.4) is 0 Å². The molecular weight excluding hydrogens is 446 g/mol. The van der Waals surface area contributed by atoms with Crippen molar-refractivity contribution in [3.63, 3.8) is 0 Å². The number of carbonyl (C=O) groups is 3. The second-order valence-corrected chi connectivity index (χ2v) is 8.56. The number of hydrogen-bond donors (Lipinski definition) is 2. The van der Waals surface area contributed by atoms with Crippen LogP contribution in [0.15, 0.2) is 48.5 Å². The summed E-state index contributed by atoms with van der Waals surface area (Å²) in [6.45, 7) is 1.40. The smallest absolute Gasteiger partial charge is 0.262 e. The van der Waals surface area contributed by atoms with Gasteiger partial charge in [-0.2, -0.15) is 0 Å². The lowest BCUT2D eigenvalue weighted by Crippen LogP contribution is -2.37. The molecule has 8 nitrogen and oxygen atoms in total. The number of ether oxygens (including phenoxy) is 2. The molecule has 0 bridgehead atoms. The normalized spacial score (nSPS) is 20.0. The molecule has 2 atom stereocenters. The topological polar surface area (TPSA) is 97.0 Å². The lowest BCUT2D eigenvalue weighted by atomic mass is 10.1. The average molecular weight is 472 g/mol. The summed E-state index contributed by atoms with van der Waals surface area (Å²) in [5, 5.41) is 6.22. The number of nitrogens with zero attached hydrogens (tertiary/aromatic N) is 1. The Morgan fingerprint density at radius 2 is 1.88 bits per heavy atom. The molecule has 4 rings (SSSR count). The predicted molar refractivity (Wildman–Crippen MR) is 124 cm³/mol. The second kappa shape index (κ2) is 10.7. The fourth-order valence-electron chi connectivity index (χ4n) is 3.90. The number of nitrogens with one attached hydrogen (secondary N) is 2. The first-order valence-electron chi connectivity index (χ1n) is 11.0. The molecule has 2 aromatic rings. The Labute approximate surface area is 197 Å². The van der Waals surface area contributed by atoms with Crippen molar-refractivity contribution in [1.29, 1.82) is 0 Å². The van der Waals surface area contributed by atoms with Crippen LogP contribution in [-0.4, -0.2) is 50.1 Å². The van der Waals surface area contributed by atoms with E-state index < -0.39 is 0 Å². The number of hydrogen-bond acceptors (Lipinski definition) is 5. The second-order valence-electron chi connectivity index (χ2n) is 8.12. The number of halogens is 1. The molecule has 0 radical (unpaired) electrons. The zero-order chi connectivity index (χ0) is 23.2. The molecule has 9 heteroatoms. The van der Waals surface area contributed by atoms with E-state index in [9.17, 15) is 14.4 Å². The van der Waals surface area contributed by atoms with Gasteiger partial charge in [0.05, 0.1) is 12.0 Å². The Morgan fingerprint density at radius 3 is 2.58 bits per heavy atom. The Balaban J connectivity index is 1.25. The molecule has 2 fully saturated rings. The third-order valence-corrected chi connectivity index (χ3v) is 5.92. The monoisotopic (exact) mass is 471 g/mol. The minimum atomic E-state index is -0.383. The van der Waals surface area contributed by atoms with Gasteiger partial charge in [-0.05, 0) is 61.4 Å². The summed E-state index contributed by atoms with van der Waals surface area (Å²) in [6.07, 6.45) is 2.22. The highest BCUT2D eigenvalue weighted by molar-refractivity contribution is 6.30. The Morgan fingerprint density at radius 1 is 1.12 bits per heavy atom. The van der Waals surface area contributed by atoms with E-state index in [0.29, 0.717) is 35.2 Å². The lowest BCUT2D eigenvalue weighted by Gasteiger charge is -2.18. The first-order valence-corrected chi connectivity index (χ1v) is 11.3. The number of anilines is 2. The van der Waals surface area contributed by atoms with Crippen molar-refractivity contribution >= 4 is 40.7 Å². The molecule has 0 aromatic heterocycles. The van der Waals surface area contributed by atoms with E-state index in [0.717, 1.165) is 19.4 Å². The highest BCUT2D eigenvalue weighted by atomic mass is 35.5. The van der Waals surface area contributed by atoms with Crippen LogP contribution in [0.4, 0.5) is 11.4 Å². The van der Waals surface area contributed by atoms with E-state index >= 15 is 0 Å². The number of rotatable bonds is 8. The third kappa shape index (κ3) is 6.24. The van der Waals surface area contributed by atoms with Crippen LogP contribution in [-0.2, 0) is 19.1 Å². The summed E-state index contributed by atoms with van der Waals surface area (Å²) in [5.74, 6) is -0.391. The first-order chi connectivity index (χ1) is 16.0. The van der Waals surface area contributed by atoms with E-state index in [1.54, 1.807) is 53.4 Å². The largest absolute Gasteiger partial charge is 0.484 e. The fourth-order valence-corrected chi connectivity index (χ4v) is 4.02. The summed E-state index contributed by atoms with van der Waals surface area (Å²) in [6, 6.07) is 13.7. The molecule has 0 spiro atoms. The number of carbonyl (C=O) groups excluding carboxylic acids is 3. The van der Waals surface area contributed by atoms with Crippen molar-refractivity contribution < 1.29 is 23.9 Å². The van der Waals surface area contributed by atoms with Gasteiger partial charge in [0, 0.05) is 42.5 Å². The van der Waals surface area contributed by atoms with Crippen molar-refractivity contribution in [3.8, 4) is 5.75 Å². The van der Waals surface area contributed by atoms with E-state index in [1.165, 1.54) is 0 Å². The van der Waals surface area contributed by atoms with E-state index in [2.05, 4.69) is 10.6 Å². The molecule has 3 amide bonds. The van der Waals surface area contributed by atoms with E-state index in [1.807, 2.05) is 0 Å². The summed E-state index contributed by atoms with van der Waals surface area (Å²) in [5.41, 5.74) is 1.32. The molecule has 0 unspecified atom stereocenters. The minimum Gasteiger partial charge on any atom is -0.484 e. The molecule has 174 valence electrons. The van der Waals surface area contributed by atoms with E-state index in [-0.39, 0.29) is 42.8 Å². The molecule has 2 aromatic carbocycles. The van der Waals surface area contributed by atoms with Crippen LogP contribution in [0, 0.1) is 5.92 Å². The predicted octanol–water partition coefficient (Wildman–Crippen LogP) is 3.01. The van der Waals surface area contributed by atoms with Gasteiger partial charge in [-0.25, -0.2) is 0 Å². The van der Waals surface area contributed by atoms with Crippen LogP contribution in [0.2, 0.25) is 5.02 Å². The van der Waals surface area contributed by atoms with Gasteiger partial charge in [0.15, 0.2) is 6.61 Å². The quantitative estimate of drug-likeness (QED) is 0.617. The molecule has 0 saturated carbocycles. The zero-order valence-electron chi connectivity index (χ0n) is 18.1. The summed E-state index contributed by atoms with van der Waals surface area (Å²) in [4.78, 5) is 38.6. The Bertz CT molecular complexity index is 990. The maximum atomic E-state index is 12.5. The number of benzene rings is 2. The third-order valence-electron chi connectivity index (χ3n) is 5.67. The van der Waals surface area contributed by atoms with Crippen LogP contribution < -0.4 is 20.3 Å². The lowest BCUT2D eigenvalue weighted by molar-refractivity contribution is -0.126. The minimum absolute atomic E-state index is 0.0722. The van der Waals surface area contributed by atoms with Crippen LogP contribution in [0.5, 0.6) is 5.75 Å². The van der Waals surface area contributed by atoms with Crippen molar-refractivity contribution in [2.75, 3.05) is 36.5 Å². The van der Waals surface area contributed by atoms with Gasteiger partial charge in [-0.1, -0.05) is 11.6 Å². The van der Waals surface area contributed by atoms with E-state index in [4.69, 9.17) is 21.1 Å². The van der Waals surface area contributed by atoms with Crippen LogP contribution in [0.25, 0.3) is 0 Å². The van der Waals surface area contributed by atoms with Gasteiger partial charge in [0.1, 0.15) is 5.75 Å². The molecular formula is C24H26ClN3O5. The fraction of sp³-hybridized carbons (Fsp3) is 0.375. The van der Waals surface area contributed by atoms with Gasteiger partial charge in [0.25, 0.3) is 5.91 Å². The number of amides is 3. The average Bonchev–Trinajstić information content (AvgIpc) is 3.48. The van der Waals surface area contributed by atoms with Gasteiger partial charge in [-0.15, -0.1) is 0 Å². The summed E-state index contributed by atoms with van der Waals surface area (Å²) in [7, 11) is 0. The maximum absolute atomic E-state index is 12.5. The highest BCUT2D eigenvalue weighted by Gasteiger charge is 2.35. The molecule has 2 heterocycles. The SMILES string of the molecule is O=C(COc1ccc(N2C[C@H](C(=O)NC[C@@H]3CCCO3)CC2=O)cc1)Nc1ccc(Cl)cc1. The molecule has 2 N–H and O–H groups in total.